The van der Waals surface area contributed by atoms with Crippen LogP contribution in [0, 0.1) is 0 Å². The fourth-order valence-corrected chi connectivity index (χ4v) is 1.67. The highest BCUT2D eigenvalue weighted by Crippen LogP contribution is 2.15. The van der Waals surface area contributed by atoms with Crippen molar-refractivity contribution in [1.82, 2.24) is 10.2 Å². The van der Waals surface area contributed by atoms with Crippen molar-refractivity contribution in [2.24, 2.45) is 0 Å². The van der Waals surface area contributed by atoms with Crippen LogP contribution in [0.2, 0.25) is 5.15 Å². The van der Waals surface area contributed by atoms with E-state index in [0.717, 1.165) is 12.4 Å². The minimum atomic E-state index is 0.409. The number of nitrogens with zero attached hydrogens (tertiary/aromatic N) is 2. The van der Waals surface area contributed by atoms with Gasteiger partial charge < -0.3 is 5.32 Å². The van der Waals surface area contributed by atoms with Gasteiger partial charge in [0.2, 0.25) is 0 Å². The van der Waals surface area contributed by atoms with Gasteiger partial charge in [-0.3, -0.25) is 0 Å². The number of rotatable bonds is 4. The maximum Gasteiger partial charge on any atom is 0.151 e. The molecule has 2 rings (SSSR count). The quantitative estimate of drug-likeness (QED) is 0.901. The maximum absolute atomic E-state index is 5.67. The molecule has 0 unspecified atom stereocenters. The molecule has 2 aromatic rings. The van der Waals surface area contributed by atoms with Gasteiger partial charge in [0.15, 0.2) is 5.15 Å². The van der Waals surface area contributed by atoms with Gasteiger partial charge in [0.1, 0.15) is 5.82 Å². The molecule has 1 heterocycles. The first kappa shape index (κ1) is 11.9. The van der Waals surface area contributed by atoms with Crippen molar-refractivity contribution in [2.75, 3.05) is 11.9 Å². The van der Waals surface area contributed by atoms with E-state index in [1.54, 1.807) is 6.07 Å². The summed E-state index contributed by atoms with van der Waals surface area (Å²) in [6.07, 6.45) is 0. The van der Waals surface area contributed by atoms with Gasteiger partial charge in [-0.15, -0.1) is 10.2 Å². The molecular weight excluding hydrogens is 234 g/mol. The van der Waals surface area contributed by atoms with Crippen molar-refractivity contribution in [2.45, 2.75) is 12.8 Å². The van der Waals surface area contributed by atoms with E-state index in [1.807, 2.05) is 24.3 Å². The van der Waals surface area contributed by atoms with Gasteiger partial charge in [-0.1, -0.05) is 48.9 Å². The van der Waals surface area contributed by atoms with Crippen molar-refractivity contribution >= 4 is 17.4 Å². The molecule has 0 aliphatic rings. The average molecular weight is 248 g/mol. The van der Waals surface area contributed by atoms with E-state index < -0.39 is 0 Å². The molecule has 0 amide bonds. The first-order valence-electron chi connectivity index (χ1n) is 5.54. The topological polar surface area (TPSA) is 37.8 Å². The van der Waals surface area contributed by atoms with E-state index >= 15 is 0 Å². The van der Waals surface area contributed by atoms with Crippen LogP contribution >= 0.6 is 11.6 Å². The van der Waals surface area contributed by atoms with Crippen LogP contribution in [0.4, 0.5) is 5.82 Å². The molecule has 0 saturated heterocycles. The second-order valence-electron chi connectivity index (χ2n) is 3.93. The van der Waals surface area contributed by atoms with Gasteiger partial charge in [-0.2, -0.15) is 0 Å². The summed E-state index contributed by atoms with van der Waals surface area (Å²) in [6.45, 7) is 2.99. The van der Waals surface area contributed by atoms with Gasteiger partial charge in [0.05, 0.1) is 0 Å². The van der Waals surface area contributed by atoms with E-state index in [2.05, 4.69) is 34.6 Å². The minimum absolute atomic E-state index is 0.409. The minimum Gasteiger partial charge on any atom is -0.368 e. The molecule has 0 saturated carbocycles. The molecule has 88 valence electrons. The van der Waals surface area contributed by atoms with Gasteiger partial charge in [-0.25, -0.2) is 0 Å². The van der Waals surface area contributed by atoms with Crippen LogP contribution in [0.1, 0.15) is 18.4 Å². The number of nitrogens with one attached hydrogen (secondary N) is 1. The number of benzene rings is 1. The first-order valence-corrected chi connectivity index (χ1v) is 5.91. The summed E-state index contributed by atoms with van der Waals surface area (Å²) in [5.41, 5.74) is 1.31. The normalized spacial score (nSPS) is 12.1. The lowest BCUT2D eigenvalue weighted by Crippen LogP contribution is -2.11. The number of halogens is 1. The number of aromatic nitrogens is 2. The fraction of sp³-hybridized carbons (Fsp3) is 0.231. The van der Waals surface area contributed by atoms with Crippen LogP contribution in [-0.4, -0.2) is 16.7 Å². The Morgan fingerprint density at radius 2 is 1.88 bits per heavy atom. The van der Waals surface area contributed by atoms with Crippen molar-refractivity contribution < 1.29 is 0 Å². The monoisotopic (exact) mass is 247 g/mol. The van der Waals surface area contributed by atoms with Gasteiger partial charge in [0, 0.05) is 6.54 Å². The second-order valence-corrected chi connectivity index (χ2v) is 4.32. The maximum atomic E-state index is 5.67. The largest absolute Gasteiger partial charge is 0.368 e. The van der Waals surface area contributed by atoms with Crippen LogP contribution in [0.5, 0.6) is 0 Å². The Morgan fingerprint density at radius 1 is 1.12 bits per heavy atom. The molecule has 1 atom stereocenters. The summed E-state index contributed by atoms with van der Waals surface area (Å²) in [5.74, 6) is 1.17. The third-order valence-electron chi connectivity index (χ3n) is 2.59. The standard InChI is InChI=1S/C13H14ClN3/c1-10(11-5-3-2-4-6-11)9-15-13-8-7-12(14)16-17-13/h2-8,10H,9H2,1H3,(H,15,17)/t10-/m0/s1. The van der Waals surface area contributed by atoms with Crippen LogP contribution < -0.4 is 5.32 Å². The van der Waals surface area contributed by atoms with Gasteiger partial charge >= 0.3 is 0 Å². The molecule has 4 heteroatoms. The van der Waals surface area contributed by atoms with Crippen LogP contribution in [0.25, 0.3) is 0 Å². The predicted molar refractivity (Wildman–Crippen MR) is 70.4 cm³/mol. The number of hydrogen-bond acceptors (Lipinski definition) is 3. The third-order valence-corrected chi connectivity index (χ3v) is 2.79. The van der Waals surface area contributed by atoms with Crippen molar-refractivity contribution in [3.63, 3.8) is 0 Å². The highest BCUT2D eigenvalue weighted by Gasteiger charge is 2.04. The van der Waals surface area contributed by atoms with Crippen molar-refractivity contribution in [3.8, 4) is 0 Å². The molecule has 0 aliphatic heterocycles. The molecular formula is C13H14ClN3. The predicted octanol–water partition coefficient (Wildman–Crippen LogP) is 3.35. The summed E-state index contributed by atoms with van der Waals surface area (Å²) >= 11 is 5.67. The molecule has 17 heavy (non-hydrogen) atoms. The zero-order valence-corrected chi connectivity index (χ0v) is 10.4. The van der Waals surface area contributed by atoms with E-state index in [1.165, 1.54) is 5.56 Å². The summed E-state index contributed by atoms with van der Waals surface area (Å²) in [7, 11) is 0. The molecule has 0 radical (unpaired) electrons. The highest BCUT2D eigenvalue weighted by atomic mass is 35.5. The summed E-state index contributed by atoms with van der Waals surface area (Å²) in [4.78, 5) is 0. The molecule has 1 aromatic carbocycles. The molecule has 0 bridgehead atoms. The van der Waals surface area contributed by atoms with Crippen LogP contribution in [0.3, 0.4) is 0 Å². The fourth-order valence-electron chi connectivity index (χ4n) is 1.57. The summed E-state index contributed by atoms with van der Waals surface area (Å²) in [6, 6.07) is 13.9. The smallest absolute Gasteiger partial charge is 0.151 e. The number of anilines is 1. The van der Waals surface area contributed by atoms with Gasteiger partial charge in [-0.05, 0) is 23.6 Å². The average Bonchev–Trinajstić information content (AvgIpc) is 2.39. The third kappa shape index (κ3) is 3.43. The zero-order valence-electron chi connectivity index (χ0n) is 9.60. The Bertz CT molecular complexity index is 456. The second kappa shape index (κ2) is 5.64. The number of hydrogen-bond donors (Lipinski definition) is 1. The van der Waals surface area contributed by atoms with Crippen LogP contribution in [-0.2, 0) is 0 Å². The lowest BCUT2D eigenvalue weighted by atomic mass is 10.0. The zero-order chi connectivity index (χ0) is 12.1. The van der Waals surface area contributed by atoms with Gasteiger partial charge in [0.25, 0.3) is 0 Å². The van der Waals surface area contributed by atoms with Crippen molar-refractivity contribution in [1.29, 1.82) is 0 Å². The first-order chi connectivity index (χ1) is 8.25. The molecule has 1 aromatic heterocycles. The highest BCUT2D eigenvalue weighted by molar-refractivity contribution is 6.29. The Morgan fingerprint density at radius 3 is 2.53 bits per heavy atom. The summed E-state index contributed by atoms with van der Waals surface area (Å²) in [5, 5.41) is 11.4. The van der Waals surface area contributed by atoms with E-state index in [-0.39, 0.29) is 0 Å². The lowest BCUT2D eigenvalue weighted by molar-refractivity contribution is 0.798. The molecule has 0 aliphatic carbocycles. The molecule has 0 spiro atoms. The molecule has 3 nitrogen and oxygen atoms in total. The van der Waals surface area contributed by atoms with E-state index in [9.17, 15) is 0 Å². The SMILES string of the molecule is C[C@@H](CNc1ccc(Cl)nn1)c1ccccc1. The lowest BCUT2D eigenvalue weighted by Gasteiger charge is -2.12. The van der Waals surface area contributed by atoms with Crippen molar-refractivity contribution in [3.05, 3.63) is 53.2 Å². The van der Waals surface area contributed by atoms with E-state index in [4.69, 9.17) is 11.6 Å². The summed E-state index contributed by atoms with van der Waals surface area (Å²) < 4.78 is 0. The molecule has 0 fully saturated rings. The van der Waals surface area contributed by atoms with E-state index in [0.29, 0.717) is 11.1 Å². The Kier molecular flexibility index (Phi) is 3.94. The Labute approximate surface area is 106 Å². The Hall–Kier alpha value is -1.61. The van der Waals surface area contributed by atoms with Crippen LogP contribution in [0.15, 0.2) is 42.5 Å². The molecule has 1 N–H and O–H groups in total. The Balaban J connectivity index is 1.92.